The zero-order valence-electron chi connectivity index (χ0n) is 17.0. The van der Waals surface area contributed by atoms with E-state index in [2.05, 4.69) is 36.9 Å². The van der Waals surface area contributed by atoms with E-state index in [1.54, 1.807) is 0 Å². The Kier molecular flexibility index (Phi) is 5.75. The highest BCUT2D eigenvalue weighted by Gasteiger charge is 2.17. The van der Waals surface area contributed by atoms with Crippen molar-refractivity contribution in [2.45, 2.75) is 17.5 Å². The Morgan fingerprint density at radius 3 is 2.44 bits per heavy atom. The van der Waals surface area contributed by atoms with Crippen molar-refractivity contribution in [2.75, 3.05) is 5.73 Å². The predicted molar refractivity (Wildman–Crippen MR) is 130 cm³/mol. The van der Waals surface area contributed by atoms with E-state index in [1.807, 2.05) is 66.7 Å². The first-order valence-electron chi connectivity index (χ1n) is 10.0. The molecule has 0 aliphatic heterocycles. The van der Waals surface area contributed by atoms with Gasteiger partial charge < -0.3 is 5.73 Å². The lowest BCUT2D eigenvalue weighted by molar-refractivity contribution is 0.714. The molecule has 2 N–H and O–H groups in total. The van der Waals surface area contributed by atoms with Gasteiger partial charge in [0, 0.05) is 10.9 Å². The summed E-state index contributed by atoms with van der Waals surface area (Å²) in [6, 6.07) is 25.6. The van der Waals surface area contributed by atoms with Crippen LogP contribution in [0, 0.1) is 0 Å². The Hall–Kier alpha value is -3.42. The third-order valence-corrected chi connectivity index (χ3v) is 6.32. The summed E-state index contributed by atoms with van der Waals surface area (Å²) in [5.74, 6) is 2.37. The van der Waals surface area contributed by atoms with Crippen LogP contribution in [0.15, 0.2) is 84.0 Å². The van der Waals surface area contributed by atoms with Crippen molar-refractivity contribution in [3.8, 4) is 11.4 Å². The van der Waals surface area contributed by atoms with E-state index >= 15 is 0 Å². The van der Waals surface area contributed by atoms with Gasteiger partial charge in [0.2, 0.25) is 0 Å². The maximum atomic E-state index is 6.47. The minimum absolute atomic E-state index is 0.480. The second-order valence-electron chi connectivity index (χ2n) is 7.19. The van der Waals surface area contributed by atoms with Crippen LogP contribution in [-0.2, 0) is 12.3 Å². The molecule has 8 heteroatoms. The molecule has 0 radical (unpaired) electrons. The van der Waals surface area contributed by atoms with E-state index in [9.17, 15) is 0 Å². The van der Waals surface area contributed by atoms with Gasteiger partial charge in [0.15, 0.2) is 11.0 Å². The maximum Gasteiger partial charge on any atom is 0.192 e. The van der Waals surface area contributed by atoms with Crippen LogP contribution in [0.25, 0.3) is 22.3 Å². The first-order chi connectivity index (χ1) is 15.7. The molecule has 32 heavy (non-hydrogen) atoms. The van der Waals surface area contributed by atoms with Gasteiger partial charge in [-0.25, -0.2) is 9.97 Å². The molecule has 0 saturated carbocycles. The van der Waals surface area contributed by atoms with E-state index in [-0.39, 0.29) is 0 Å². The number of anilines is 1. The lowest BCUT2D eigenvalue weighted by Crippen LogP contribution is -2.05. The summed E-state index contributed by atoms with van der Waals surface area (Å²) in [6.07, 6.45) is 0. The number of benzene rings is 3. The average molecular weight is 459 g/mol. The molecule has 3 aromatic carbocycles. The van der Waals surface area contributed by atoms with Crippen LogP contribution in [0.5, 0.6) is 0 Å². The molecule has 0 atom stereocenters. The minimum Gasteiger partial charge on any atom is -0.383 e. The molecule has 0 unspecified atom stereocenters. The fraction of sp³-hybridized carbons (Fsp3) is 0.0833. The normalized spacial score (nSPS) is 11.2. The second-order valence-corrected chi connectivity index (χ2v) is 8.54. The number of halogens is 1. The molecule has 5 aromatic rings. The largest absolute Gasteiger partial charge is 0.383 e. The molecule has 158 valence electrons. The first kappa shape index (κ1) is 20.5. The van der Waals surface area contributed by atoms with Crippen LogP contribution in [0.3, 0.4) is 0 Å². The van der Waals surface area contributed by atoms with E-state index in [4.69, 9.17) is 17.3 Å². The van der Waals surface area contributed by atoms with Gasteiger partial charge >= 0.3 is 0 Å². The van der Waals surface area contributed by atoms with Crippen LogP contribution in [0.2, 0.25) is 5.02 Å². The SMILES string of the molecule is Nc1nc(CSc2nnc(-c3ccccc3Cl)n2Cc2ccccc2)nc2ccccc12. The number of fused-ring (bicyclic) bond motifs is 1. The van der Waals surface area contributed by atoms with Crippen molar-refractivity contribution in [1.29, 1.82) is 0 Å². The molecule has 0 saturated heterocycles. The van der Waals surface area contributed by atoms with Crippen LogP contribution in [-0.4, -0.2) is 24.7 Å². The third-order valence-electron chi connectivity index (χ3n) is 5.02. The Balaban J connectivity index is 1.49. The van der Waals surface area contributed by atoms with Gasteiger partial charge in [-0.15, -0.1) is 10.2 Å². The van der Waals surface area contributed by atoms with Gasteiger partial charge in [-0.2, -0.15) is 0 Å². The van der Waals surface area contributed by atoms with E-state index < -0.39 is 0 Å². The molecular formula is C24H19ClN6S. The van der Waals surface area contributed by atoms with Crippen molar-refractivity contribution in [1.82, 2.24) is 24.7 Å². The molecule has 2 aromatic heterocycles. The highest BCUT2D eigenvalue weighted by molar-refractivity contribution is 7.98. The van der Waals surface area contributed by atoms with Crippen LogP contribution in [0.4, 0.5) is 5.82 Å². The topological polar surface area (TPSA) is 82.5 Å². The Bertz CT molecular complexity index is 1390. The summed E-state index contributed by atoms with van der Waals surface area (Å²) in [5.41, 5.74) is 8.97. The lowest BCUT2D eigenvalue weighted by atomic mass is 10.2. The number of hydrogen-bond acceptors (Lipinski definition) is 6. The summed E-state index contributed by atoms with van der Waals surface area (Å²) < 4.78 is 2.08. The van der Waals surface area contributed by atoms with E-state index in [0.29, 0.717) is 29.0 Å². The summed E-state index contributed by atoms with van der Waals surface area (Å²) in [6.45, 7) is 0.622. The predicted octanol–water partition coefficient (Wildman–Crippen LogP) is 5.46. The number of aromatic nitrogens is 5. The quantitative estimate of drug-likeness (QED) is 0.340. The standard InChI is InChI=1S/C24H19ClN6S/c25-19-12-6-4-10-17(19)23-29-30-24(31(23)14-16-8-2-1-3-9-16)32-15-21-27-20-13-7-5-11-18(20)22(26)28-21/h1-13H,14-15H2,(H2,26,27,28). The van der Waals surface area contributed by atoms with Gasteiger partial charge in [-0.05, 0) is 29.8 Å². The molecule has 0 bridgehead atoms. The Morgan fingerprint density at radius 2 is 1.59 bits per heavy atom. The van der Waals surface area contributed by atoms with Gasteiger partial charge in [-0.1, -0.05) is 78.0 Å². The van der Waals surface area contributed by atoms with Crippen molar-refractivity contribution in [3.63, 3.8) is 0 Å². The van der Waals surface area contributed by atoms with Crippen molar-refractivity contribution >= 4 is 40.1 Å². The maximum absolute atomic E-state index is 6.47. The fourth-order valence-corrected chi connectivity index (χ4v) is 4.50. The zero-order valence-corrected chi connectivity index (χ0v) is 18.6. The number of nitrogen functional groups attached to an aromatic ring is 1. The molecule has 0 aliphatic carbocycles. The van der Waals surface area contributed by atoms with Crippen molar-refractivity contribution < 1.29 is 0 Å². The van der Waals surface area contributed by atoms with Gasteiger partial charge in [-0.3, -0.25) is 4.57 Å². The van der Waals surface area contributed by atoms with Crippen LogP contribution in [0.1, 0.15) is 11.4 Å². The second kappa shape index (κ2) is 8.98. The first-order valence-corrected chi connectivity index (χ1v) is 11.4. The lowest BCUT2D eigenvalue weighted by Gasteiger charge is -2.11. The number of nitrogens with zero attached hydrogens (tertiary/aromatic N) is 5. The summed E-state index contributed by atoms with van der Waals surface area (Å²) in [4.78, 5) is 9.13. The molecule has 0 spiro atoms. The summed E-state index contributed by atoms with van der Waals surface area (Å²) in [7, 11) is 0. The minimum atomic E-state index is 0.480. The fourth-order valence-electron chi connectivity index (χ4n) is 3.49. The highest BCUT2D eigenvalue weighted by Crippen LogP contribution is 2.31. The van der Waals surface area contributed by atoms with E-state index in [1.165, 1.54) is 11.8 Å². The van der Waals surface area contributed by atoms with E-state index in [0.717, 1.165) is 33.0 Å². The molecular weight excluding hydrogens is 440 g/mol. The molecule has 5 rings (SSSR count). The molecule has 2 heterocycles. The summed E-state index contributed by atoms with van der Waals surface area (Å²) >= 11 is 7.99. The number of nitrogens with two attached hydrogens (primary N) is 1. The Labute approximate surface area is 194 Å². The smallest absolute Gasteiger partial charge is 0.192 e. The number of rotatable bonds is 6. The highest BCUT2D eigenvalue weighted by atomic mass is 35.5. The average Bonchev–Trinajstić information content (AvgIpc) is 3.21. The number of thioether (sulfide) groups is 1. The number of hydrogen-bond donors (Lipinski definition) is 1. The van der Waals surface area contributed by atoms with Crippen LogP contribution < -0.4 is 5.73 Å². The molecule has 6 nitrogen and oxygen atoms in total. The summed E-state index contributed by atoms with van der Waals surface area (Å²) in [5, 5.41) is 11.2. The van der Waals surface area contributed by atoms with Gasteiger partial charge in [0.05, 0.1) is 22.8 Å². The van der Waals surface area contributed by atoms with Gasteiger partial charge in [0.25, 0.3) is 0 Å². The number of para-hydroxylation sites is 1. The van der Waals surface area contributed by atoms with Crippen LogP contribution >= 0.6 is 23.4 Å². The van der Waals surface area contributed by atoms with Gasteiger partial charge in [0.1, 0.15) is 11.6 Å². The molecule has 0 fully saturated rings. The third kappa shape index (κ3) is 4.17. The van der Waals surface area contributed by atoms with Crippen molar-refractivity contribution in [3.05, 3.63) is 95.3 Å². The monoisotopic (exact) mass is 458 g/mol. The molecule has 0 aliphatic rings. The zero-order chi connectivity index (χ0) is 21.9. The molecule has 0 amide bonds. The van der Waals surface area contributed by atoms with Crippen molar-refractivity contribution in [2.24, 2.45) is 0 Å². The Morgan fingerprint density at radius 1 is 0.844 bits per heavy atom.